The van der Waals surface area contributed by atoms with Gasteiger partial charge in [0.15, 0.2) is 4.91 Å². The van der Waals surface area contributed by atoms with Gasteiger partial charge < -0.3 is 5.11 Å². The second-order valence-electron chi connectivity index (χ2n) is 1.99. The van der Waals surface area contributed by atoms with E-state index in [-0.39, 0.29) is 0 Å². The van der Waals surface area contributed by atoms with Crippen LogP contribution >= 0.6 is 0 Å². The Bertz CT molecular complexity index is 239. The Hall–Kier alpha value is -0.700. The van der Waals surface area contributed by atoms with Gasteiger partial charge in [0, 0.05) is 11.6 Å². The summed E-state index contributed by atoms with van der Waals surface area (Å²) in [6, 6.07) is 0. The van der Waals surface area contributed by atoms with Gasteiger partial charge in [-0.25, -0.2) is 0 Å². The third-order valence-electron chi connectivity index (χ3n) is 1.43. The van der Waals surface area contributed by atoms with Crippen molar-refractivity contribution in [2.45, 2.75) is 0 Å². The Morgan fingerprint density at radius 1 is 1.78 bits per heavy atom. The summed E-state index contributed by atoms with van der Waals surface area (Å²) in [6.07, 6.45) is 3.94. The minimum Gasteiger partial charge on any atom is -0.441 e. The molecule has 0 aromatic carbocycles. The highest BCUT2D eigenvalue weighted by Gasteiger charge is 2.47. The number of carbonyl (C=O) groups is 1. The Kier molecular flexibility index (Phi) is 0.805. The molecule has 9 heavy (non-hydrogen) atoms. The van der Waals surface area contributed by atoms with E-state index in [0.29, 0.717) is 0 Å². The van der Waals surface area contributed by atoms with E-state index in [0.717, 1.165) is 10.7 Å². The van der Waals surface area contributed by atoms with Crippen molar-refractivity contribution in [1.82, 2.24) is 0 Å². The molecule has 46 valence electrons. The van der Waals surface area contributed by atoms with E-state index in [4.69, 9.17) is 5.11 Å². The van der Waals surface area contributed by atoms with Crippen molar-refractivity contribution >= 4 is 16.2 Å². The van der Waals surface area contributed by atoms with E-state index in [1.54, 1.807) is 0 Å². The third-order valence-corrected chi connectivity index (χ3v) is 3.24. The molecule has 1 aliphatic carbocycles. The van der Waals surface area contributed by atoms with E-state index in [2.05, 4.69) is 0 Å². The molecule has 1 unspecified atom stereocenters. The first-order chi connectivity index (χ1) is 4.29. The highest BCUT2D eigenvalue weighted by molar-refractivity contribution is 8.14. The monoisotopic (exact) mass is 141 g/mol. The second-order valence-corrected chi connectivity index (χ2v) is 3.90. The van der Waals surface area contributed by atoms with Crippen LogP contribution in [0.2, 0.25) is 0 Å². The topological polar surface area (TPSA) is 37.3 Å². The zero-order valence-electron chi connectivity index (χ0n) is 4.63. The summed E-state index contributed by atoms with van der Waals surface area (Å²) in [5.41, 5.74) is 1.18. The minimum atomic E-state index is -0.662. The summed E-state index contributed by atoms with van der Waals surface area (Å²) < 4.78 is 0. The Morgan fingerprint density at radius 2 is 2.56 bits per heavy atom. The van der Waals surface area contributed by atoms with Gasteiger partial charge in [-0.1, -0.05) is 0 Å². The molecule has 0 saturated carbocycles. The number of fused-ring (bicyclic) bond motifs is 1. The molecule has 1 aliphatic heterocycles. The minimum absolute atomic E-state index is 0.465. The summed E-state index contributed by atoms with van der Waals surface area (Å²) in [4.78, 5) is 11.4. The van der Waals surface area contributed by atoms with Crippen LogP contribution in [0.3, 0.4) is 0 Å². The van der Waals surface area contributed by atoms with Crippen LogP contribution in [0, 0.1) is 0 Å². The smallest absolute Gasteiger partial charge is 0.441 e. The summed E-state index contributed by atoms with van der Waals surface area (Å²) in [7, 11) is -0.465. The van der Waals surface area contributed by atoms with Crippen LogP contribution in [0.1, 0.15) is 0 Å². The summed E-state index contributed by atoms with van der Waals surface area (Å²) in [5.74, 6) is 0.733. The molecular formula is C6H5O2S+. The molecule has 1 heterocycles. The Labute approximate surface area is 55.2 Å². The van der Waals surface area contributed by atoms with Gasteiger partial charge in [0.2, 0.25) is 0 Å². The van der Waals surface area contributed by atoms with Gasteiger partial charge in [0.25, 0.3) is 0 Å². The maximum absolute atomic E-state index is 10.4. The van der Waals surface area contributed by atoms with Gasteiger partial charge in [0.05, 0.1) is 0 Å². The lowest BCUT2D eigenvalue weighted by molar-refractivity contribution is 0.221. The molecule has 2 rings (SSSR count). The molecule has 0 amide bonds. The van der Waals surface area contributed by atoms with Crippen molar-refractivity contribution in [1.29, 1.82) is 0 Å². The average molecular weight is 141 g/mol. The zero-order valence-corrected chi connectivity index (χ0v) is 5.44. The van der Waals surface area contributed by atoms with E-state index in [9.17, 15) is 4.79 Å². The molecule has 0 aromatic heterocycles. The molecular weight excluding hydrogens is 136 g/mol. The Balaban J connectivity index is 2.20. The lowest BCUT2D eigenvalue weighted by atomic mass is 10.5. The van der Waals surface area contributed by atoms with Gasteiger partial charge in [-0.2, -0.15) is 4.79 Å². The largest absolute Gasteiger partial charge is 0.529 e. The normalized spacial score (nSPS) is 28.7. The van der Waals surface area contributed by atoms with Crippen LogP contribution < -0.4 is 0 Å². The summed E-state index contributed by atoms with van der Waals surface area (Å²) in [6.45, 7) is 0. The molecule has 2 aliphatic rings. The molecule has 1 N–H and O–H groups in total. The first kappa shape index (κ1) is 5.11. The Morgan fingerprint density at radius 3 is 2.78 bits per heavy atom. The standard InChI is InChI=1S/C6H4O2S/c7-6(8)9-2-1-4-3-5(4)9/h1,3H,2H2/p+1. The van der Waals surface area contributed by atoms with E-state index in [1.165, 1.54) is 5.57 Å². The van der Waals surface area contributed by atoms with Gasteiger partial charge >= 0.3 is 5.30 Å². The average Bonchev–Trinajstić information content (AvgIpc) is 2.43. The zero-order chi connectivity index (χ0) is 6.43. The molecule has 0 aromatic rings. The number of carboxylic acid groups (broad SMARTS) is 1. The maximum atomic E-state index is 10.4. The predicted octanol–water partition coefficient (Wildman–Crippen LogP) is 1.12. The maximum Gasteiger partial charge on any atom is 0.529 e. The van der Waals surface area contributed by atoms with Gasteiger partial charge in [-0.3, -0.25) is 0 Å². The summed E-state index contributed by atoms with van der Waals surface area (Å²) >= 11 is 0. The first-order valence-corrected chi connectivity index (χ1v) is 4.04. The van der Waals surface area contributed by atoms with Crippen molar-refractivity contribution in [2.24, 2.45) is 0 Å². The van der Waals surface area contributed by atoms with Crippen LogP contribution in [0.25, 0.3) is 0 Å². The van der Waals surface area contributed by atoms with Crippen LogP contribution in [0.4, 0.5) is 4.79 Å². The SMILES string of the molecule is O=C(O)[S+]1CC=C2C=C21. The van der Waals surface area contributed by atoms with Crippen LogP contribution in [0.15, 0.2) is 22.6 Å². The number of hydrogen-bond acceptors (Lipinski definition) is 1. The van der Waals surface area contributed by atoms with Gasteiger partial charge in [-0.15, -0.1) is 0 Å². The van der Waals surface area contributed by atoms with Crippen molar-refractivity contribution in [3.8, 4) is 0 Å². The highest BCUT2D eigenvalue weighted by Crippen LogP contribution is 2.40. The summed E-state index contributed by atoms with van der Waals surface area (Å²) in [5, 5.41) is 7.89. The molecule has 1 atom stereocenters. The molecule has 2 nitrogen and oxygen atoms in total. The lowest BCUT2D eigenvalue weighted by Crippen LogP contribution is -2.11. The molecule has 0 radical (unpaired) electrons. The first-order valence-electron chi connectivity index (χ1n) is 2.65. The molecule has 0 fully saturated rings. The quantitative estimate of drug-likeness (QED) is 0.513. The van der Waals surface area contributed by atoms with Crippen molar-refractivity contribution in [3.63, 3.8) is 0 Å². The fraction of sp³-hybridized carbons (Fsp3) is 0.167. The highest BCUT2D eigenvalue weighted by atomic mass is 32.2. The number of allylic oxidation sites excluding steroid dienone is 2. The van der Waals surface area contributed by atoms with Crippen molar-refractivity contribution < 1.29 is 9.90 Å². The fourth-order valence-corrected chi connectivity index (χ4v) is 2.40. The molecule has 0 saturated heterocycles. The lowest BCUT2D eigenvalue weighted by Gasteiger charge is -1.85. The van der Waals surface area contributed by atoms with Crippen LogP contribution in [0.5, 0.6) is 0 Å². The fourth-order valence-electron chi connectivity index (χ4n) is 0.906. The van der Waals surface area contributed by atoms with E-state index in [1.807, 2.05) is 12.2 Å². The number of rotatable bonds is 0. The van der Waals surface area contributed by atoms with E-state index < -0.39 is 16.2 Å². The van der Waals surface area contributed by atoms with E-state index >= 15 is 0 Å². The van der Waals surface area contributed by atoms with Gasteiger partial charge in [-0.05, 0) is 6.08 Å². The van der Waals surface area contributed by atoms with Crippen molar-refractivity contribution in [2.75, 3.05) is 5.75 Å². The second kappa shape index (κ2) is 1.42. The van der Waals surface area contributed by atoms with Crippen molar-refractivity contribution in [3.05, 3.63) is 22.6 Å². The third kappa shape index (κ3) is 0.612. The van der Waals surface area contributed by atoms with Crippen LogP contribution in [-0.4, -0.2) is 16.2 Å². The molecule has 0 spiro atoms. The van der Waals surface area contributed by atoms with Gasteiger partial charge in [0.1, 0.15) is 16.6 Å². The molecule has 0 bridgehead atoms. The molecule has 3 heteroatoms. The predicted molar refractivity (Wildman–Crippen MR) is 36.4 cm³/mol. The van der Waals surface area contributed by atoms with Crippen LogP contribution in [-0.2, 0) is 10.9 Å². The number of hydrogen-bond donors (Lipinski definition) is 1.